The number of hydrogen-bond donors (Lipinski definition) is 1. The van der Waals surface area contributed by atoms with Gasteiger partial charge in [-0.2, -0.15) is 0 Å². The van der Waals surface area contributed by atoms with Crippen LogP contribution < -0.4 is 10.4 Å². The van der Waals surface area contributed by atoms with Crippen molar-refractivity contribution in [2.45, 2.75) is 19.3 Å². The first-order valence-electron chi connectivity index (χ1n) is 6.06. The van der Waals surface area contributed by atoms with E-state index in [0.29, 0.717) is 10.7 Å². The number of thiazole rings is 1. The SMILES string of the molecule is C[C@@H](C(=O)Nc1ccccc1)c1nc(CC(=O)[O-])cs1. The molecule has 0 spiro atoms. The Morgan fingerprint density at radius 2 is 2.05 bits per heavy atom. The Hall–Kier alpha value is -2.21. The molecular formula is C14H13N2O3S-. The van der Waals surface area contributed by atoms with E-state index in [1.807, 2.05) is 18.2 Å². The number of carboxylic acid groups (broad SMARTS) is 1. The number of carbonyl (C=O) groups is 2. The highest BCUT2D eigenvalue weighted by molar-refractivity contribution is 7.09. The van der Waals surface area contributed by atoms with Crippen molar-refractivity contribution in [1.29, 1.82) is 0 Å². The number of nitrogens with one attached hydrogen (secondary N) is 1. The maximum atomic E-state index is 12.1. The fourth-order valence-electron chi connectivity index (χ4n) is 1.63. The van der Waals surface area contributed by atoms with Crippen LogP contribution in [0.1, 0.15) is 23.5 Å². The second-order valence-electron chi connectivity index (χ2n) is 4.30. The number of para-hydroxylation sites is 1. The van der Waals surface area contributed by atoms with E-state index < -0.39 is 11.9 Å². The van der Waals surface area contributed by atoms with Gasteiger partial charge < -0.3 is 15.2 Å². The van der Waals surface area contributed by atoms with E-state index in [2.05, 4.69) is 10.3 Å². The van der Waals surface area contributed by atoms with E-state index in [0.717, 1.165) is 5.69 Å². The van der Waals surface area contributed by atoms with Gasteiger partial charge in [0, 0.05) is 23.5 Å². The molecule has 0 aliphatic rings. The largest absolute Gasteiger partial charge is 0.550 e. The van der Waals surface area contributed by atoms with Crippen molar-refractivity contribution in [2.75, 3.05) is 5.32 Å². The lowest BCUT2D eigenvalue weighted by molar-refractivity contribution is -0.304. The molecule has 6 heteroatoms. The van der Waals surface area contributed by atoms with Crippen LogP contribution in [0.3, 0.4) is 0 Å². The van der Waals surface area contributed by atoms with E-state index >= 15 is 0 Å². The lowest BCUT2D eigenvalue weighted by Crippen LogP contribution is -2.24. The summed E-state index contributed by atoms with van der Waals surface area (Å²) in [5, 5.41) is 15.5. The normalized spacial score (nSPS) is 11.8. The number of aliphatic carboxylic acids is 1. The van der Waals surface area contributed by atoms with E-state index in [1.54, 1.807) is 24.4 Å². The summed E-state index contributed by atoms with van der Waals surface area (Å²) in [5.74, 6) is -1.79. The number of aromatic nitrogens is 1. The first kappa shape index (κ1) is 14.2. The average molecular weight is 289 g/mol. The minimum absolute atomic E-state index is 0.175. The van der Waals surface area contributed by atoms with Crippen molar-refractivity contribution < 1.29 is 14.7 Å². The fraction of sp³-hybridized carbons (Fsp3) is 0.214. The third-order valence-electron chi connectivity index (χ3n) is 2.70. The smallest absolute Gasteiger partial charge is 0.234 e. The zero-order valence-corrected chi connectivity index (χ0v) is 11.6. The molecule has 2 rings (SSSR count). The number of carbonyl (C=O) groups excluding carboxylic acids is 2. The van der Waals surface area contributed by atoms with Gasteiger partial charge in [0.1, 0.15) is 5.01 Å². The molecule has 0 aliphatic carbocycles. The van der Waals surface area contributed by atoms with Crippen LogP contribution in [0, 0.1) is 0 Å². The summed E-state index contributed by atoms with van der Waals surface area (Å²) < 4.78 is 0. The second-order valence-corrected chi connectivity index (χ2v) is 5.19. The molecule has 104 valence electrons. The number of nitrogens with zero attached hydrogens (tertiary/aromatic N) is 1. The second kappa shape index (κ2) is 6.29. The van der Waals surface area contributed by atoms with Gasteiger partial charge >= 0.3 is 0 Å². The van der Waals surface area contributed by atoms with E-state index in [1.165, 1.54) is 11.3 Å². The molecule has 20 heavy (non-hydrogen) atoms. The van der Waals surface area contributed by atoms with Crippen LogP contribution >= 0.6 is 11.3 Å². The topological polar surface area (TPSA) is 82.1 Å². The maximum absolute atomic E-state index is 12.1. The van der Waals surface area contributed by atoms with Gasteiger partial charge in [-0.1, -0.05) is 18.2 Å². The van der Waals surface area contributed by atoms with Gasteiger partial charge in [-0.15, -0.1) is 11.3 Å². The molecule has 0 aliphatic heterocycles. The molecule has 1 amide bonds. The van der Waals surface area contributed by atoms with Gasteiger partial charge in [0.05, 0.1) is 11.6 Å². The lowest BCUT2D eigenvalue weighted by atomic mass is 10.1. The first-order chi connectivity index (χ1) is 9.56. The first-order valence-corrected chi connectivity index (χ1v) is 6.94. The maximum Gasteiger partial charge on any atom is 0.234 e. The molecule has 0 saturated heterocycles. The lowest BCUT2D eigenvalue weighted by Gasteiger charge is -2.09. The molecule has 1 N–H and O–H groups in total. The number of amides is 1. The number of benzene rings is 1. The summed E-state index contributed by atoms with van der Waals surface area (Å²) in [6.45, 7) is 1.74. The Labute approximate surface area is 120 Å². The van der Waals surface area contributed by atoms with Crippen molar-refractivity contribution in [1.82, 2.24) is 4.98 Å². The van der Waals surface area contributed by atoms with Crippen molar-refractivity contribution in [3.8, 4) is 0 Å². The Morgan fingerprint density at radius 3 is 2.70 bits per heavy atom. The molecule has 1 atom stereocenters. The minimum Gasteiger partial charge on any atom is -0.550 e. The standard InChI is InChI=1S/C14H14N2O3S/c1-9(13(19)15-10-5-3-2-4-6-10)14-16-11(8-20-14)7-12(17)18/h2-6,8-9H,7H2,1H3,(H,15,19)(H,17,18)/p-1/t9-/m0/s1. The Morgan fingerprint density at radius 1 is 1.35 bits per heavy atom. The predicted molar refractivity (Wildman–Crippen MR) is 74.3 cm³/mol. The van der Waals surface area contributed by atoms with E-state index in [9.17, 15) is 14.7 Å². The van der Waals surface area contributed by atoms with Gasteiger partial charge in [0.2, 0.25) is 5.91 Å². The van der Waals surface area contributed by atoms with Crippen LogP contribution in [0.5, 0.6) is 0 Å². The zero-order valence-electron chi connectivity index (χ0n) is 10.8. The molecule has 0 radical (unpaired) electrons. The molecule has 2 aromatic rings. The third kappa shape index (κ3) is 3.64. The monoisotopic (exact) mass is 289 g/mol. The summed E-state index contributed by atoms with van der Waals surface area (Å²) in [6, 6.07) is 9.14. The summed E-state index contributed by atoms with van der Waals surface area (Å²) in [6.07, 6.45) is -0.233. The number of anilines is 1. The molecule has 5 nitrogen and oxygen atoms in total. The average Bonchev–Trinajstić information content (AvgIpc) is 2.86. The number of rotatable bonds is 5. The fourth-order valence-corrected chi connectivity index (χ4v) is 2.51. The minimum atomic E-state index is -1.18. The zero-order chi connectivity index (χ0) is 14.5. The van der Waals surface area contributed by atoms with Crippen LogP contribution in [0.4, 0.5) is 5.69 Å². The molecule has 0 saturated carbocycles. The van der Waals surface area contributed by atoms with E-state index in [4.69, 9.17) is 0 Å². The summed E-state index contributed by atoms with van der Waals surface area (Å²) in [5.41, 5.74) is 1.14. The highest BCUT2D eigenvalue weighted by Crippen LogP contribution is 2.22. The van der Waals surface area contributed by atoms with Crippen molar-refractivity contribution in [3.63, 3.8) is 0 Å². The van der Waals surface area contributed by atoms with Gasteiger partial charge in [-0.05, 0) is 19.1 Å². The Bertz CT molecular complexity index is 610. The molecule has 1 heterocycles. The Balaban J connectivity index is 2.03. The summed E-state index contributed by atoms with van der Waals surface area (Å²) in [4.78, 5) is 26.7. The molecular weight excluding hydrogens is 276 g/mol. The van der Waals surface area contributed by atoms with Crippen LogP contribution in [-0.2, 0) is 16.0 Å². The highest BCUT2D eigenvalue weighted by Gasteiger charge is 2.18. The van der Waals surface area contributed by atoms with Gasteiger partial charge in [-0.25, -0.2) is 4.98 Å². The number of hydrogen-bond acceptors (Lipinski definition) is 5. The van der Waals surface area contributed by atoms with Crippen molar-refractivity contribution >= 4 is 28.9 Å². The number of carboxylic acids is 1. The quantitative estimate of drug-likeness (QED) is 0.896. The van der Waals surface area contributed by atoms with Crippen molar-refractivity contribution in [3.05, 3.63) is 46.4 Å². The highest BCUT2D eigenvalue weighted by atomic mass is 32.1. The van der Waals surface area contributed by atoms with Gasteiger partial charge in [-0.3, -0.25) is 4.79 Å². The van der Waals surface area contributed by atoms with E-state index in [-0.39, 0.29) is 12.3 Å². The van der Waals surface area contributed by atoms with Crippen molar-refractivity contribution in [2.24, 2.45) is 0 Å². The third-order valence-corrected chi connectivity index (χ3v) is 3.78. The summed E-state index contributed by atoms with van der Waals surface area (Å²) >= 11 is 1.28. The molecule has 0 bridgehead atoms. The summed E-state index contributed by atoms with van der Waals surface area (Å²) in [7, 11) is 0. The van der Waals surface area contributed by atoms with Gasteiger partial charge in [0.15, 0.2) is 0 Å². The molecule has 0 unspecified atom stereocenters. The van der Waals surface area contributed by atoms with Crippen LogP contribution in [-0.4, -0.2) is 16.9 Å². The molecule has 1 aromatic carbocycles. The van der Waals surface area contributed by atoms with Gasteiger partial charge in [0.25, 0.3) is 0 Å². The Kier molecular flexibility index (Phi) is 4.47. The van der Waals surface area contributed by atoms with Crippen LogP contribution in [0.15, 0.2) is 35.7 Å². The molecule has 0 fully saturated rings. The predicted octanol–water partition coefficient (Wildman–Crippen LogP) is 1.18. The van der Waals surface area contributed by atoms with Crippen LogP contribution in [0.2, 0.25) is 0 Å². The van der Waals surface area contributed by atoms with Crippen LogP contribution in [0.25, 0.3) is 0 Å². The molecule has 1 aromatic heterocycles.